The van der Waals surface area contributed by atoms with Gasteiger partial charge in [-0.05, 0) is 61.7 Å². The van der Waals surface area contributed by atoms with Gasteiger partial charge in [0.05, 0.1) is 30.9 Å². The van der Waals surface area contributed by atoms with Crippen molar-refractivity contribution in [2.45, 2.75) is 19.4 Å². The molecule has 0 aliphatic carbocycles. The summed E-state index contributed by atoms with van der Waals surface area (Å²) in [6, 6.07) is 15.1. The first-order valence-electron chi connectivity index (χ1n) is 12.4. The van der Waals surface area contributed by atoms with Gasteiger partial charge >= 0.3 is 0 Å². The number of nitrogens with one attached hydrogen (secondary N) is 1. The van der Waals surface area contributed by atoms with Gasteiger partial charge in [0.15, 0.2) is 0 Å². The van der Waals surface area contributed by atoms with Crippen molar-refractivity contribution >= 4 is 23.4 Å². The van der Waals surface area contributed by atoms with Gasteiger partial charge in [-0.15, -0.1) is 0 Å². The van der Waals surface area contributed by atoms with E-state index in [2.05, 4.69) is 27.2 Å². The molecule has 8 nitrogen and oxygen atoms in total. The van der Waals surface area contributed by atoms with Gasteiger partial charge in [0.1, 0.15) is 0 Å². The molecule has 0 unspecified atom stereocenters. The highest BCUT2D eigenvalue weighted by molar-refractivity contribution is 6.21. The van der Waals surface area contributed by atoms with Crippen molar-refractivity contribution in [2.75, 3.05) is 57.8 Å². The number of hydrogen-bond acceptors (Lipinski definition) is 6. The minimum Gasteiger partial charge on any atom is -0.379 e. The van der Waals surface area contributed by atoms with Crippen LogP contribution in [0.1, 0.15) is 39.1 Å². The zero-order chi connectivity index (χ0) is 24.2. The predicted octanol–water partition coefficient (Wildman–Crippen LogP) is 2.47. The smallest absolute Gasteiger partial charge is 0.261 e. The summed E-state index contributed by atoms with van der Waals surface area (Å²) >= 11 is 0. The monoisotopic (exact) mass is 476 g/mol. The Morgan fingerprint density at radius 2 is 1.49 bits per heavy atom. The molecule has 2 aromatic carbocycles. The van der Waals surface area contributed by atoms with E-state index in [1.165, 1.54) is 10.5 Å². The van der Waals surface area contributed by atoms with Gasteiger partial charge in [-0.3, -0.25) is 29.1 Å². The molecule has 2 aromatic rings. The Hall–Kier alpha value is -3.07. The maximum Gasteiger partial charge on any atom is 0.261 e. The molecule has 3 heterocycles. The number of carbonyl (C=O) groups excluding carboxylic acids is 3. The van der Waals surface area contributed by atoms with Crippen molar-refractivity contribution in [3.8, 4) is 0 Å². The molecule has 0 saturated carbocycles. The van der Waals surface area contributed by atoms with E-state index in [4.69, 9.17) is 4.74 Å². The Balaban J connectivity index is 1.05. The fourth-order valence-electron chi connectivity index (χ4n) is 5.10. The second kappa shape index (κ2) is 10.7. The minimum atomic E-state index is -0.191. The quantitative estimate of drug-likeness (QED) is 0.619. The number of carbonyl (C=O) groups is 3. The summed E-state index contributed by atoms with van der Waals surface area (Å²) in [5, 5.41) is 3.00. The summed E-state index contributed by atoms with van der Waals surface area (Å²) in [4.78, 5) is 43.7. The number of anilines is 1. The van der Waals surface area contributed by atoms with Crippen LogP contribution in [0.2, 0.25) is 0 Å². The van der Waals surface area contributed by atoms with E-state index in [9.17, 15) is 14.4 Å². The summed E-state index contributed by atoms with van der Waals surface area (Å²) in [5.74, 6) is -0.146. The molecule has 184 valence electrons. The molecule has 0 radical (unpaired) electrons. The third-order valence-electron chi connectivity index (χ3n) is 7.14. The zero-order valence-corrected chi connectivity index (χ0v) is 19.9. The normalized spacial score (nSPS) is 19.7. The van der Waals surface area contributed by atoms with E-state index in [0.29, 0.717) is 24.2 Å². The fourth-order valence-corrected chi connectivity index (χ4v) is 5.10. The van der Waals surface area contributed by atoms with Crippen LogP contribution < -0.4 is 5.32 Å². The first-order valence-corrected chi connectivity index (χ1v) is 12.4. The average molecular weight is 477 g/mol. The molecular weight excluding hydrogens is 444 g/mol. The van der Waals surface area contributed by atoms with Crippen LogP contribution >= 0.6 is 0 Å². The average Bonchev–Trinajstić information content (AvgIpc) is 3.12. The number of nitrogens with zero attached hydrogens (tertiary/aromatic N) is 3. The number of piperidine rings is 1. The molecule has 5 rings (SSSR count). The lowest BCUT2D eigenvalue weighted by Gasteiger charge is -2.33. The van der Waals surface area contributed by atoms with Crippen LogP contribution in [0.3, 0.4) is 0 Å². The number of imide groups is 1. The highest BCUT2D eigenvalue weighted by atomic mass is 16.5. The molecule has 2 fully saturated rings. The molecule has 0 spiro atoms. The van der Waals surface area contributed by atoms with Crippen molar-refractivity contribution in [3.63, 3.8) is 0 Å². The van der Waals surface area contributed by atoms with E-state index in [-0.39, 0.29) is 23.6 Å². The number of ether oxygens (including phenoxy) is 1. The predicted molar refractivity (Wildman–Crippen MR) is 132 cm³/mol. The summed E-state index contributed by atoms with van der Waals surface area (Å²) in [7, 11) is 0. The summed E-state index contributed by atoms with van der Waals surface area (Å²) < 4.78 is 5.40. The minimum absolute atomic E-state index is 0.0234. The number of hydrogen-bond donors (Lipinski definition) is 1. The van der Waals surface area contributed by atoms with Gasteiger partial charge in [0, 0.05) is 31.9 Å². The number of fused-ring (bicyclic) bond motifs is 1. The lowest BCUT2D eigenvalue weighted by Crippen LogP contribution is -2.43. The highest BCUT2D eigenvalue weighted by Crippen LogP contribution is 2.26. The largest absolute Gasteiger partial charge is 0.379 e. The summed E-state index contributed by atoms with van der Waals surface area (Å²) in [5.41, 5.74) is 3.03. The molecule has 8 heteroatoms. The van der Waals surface area contributed by atoms with Crippen molar-refractivity contribution in [3.05, 3.63) is 65.2 Å². The number of benzene rings is 2. The second-order valence-corrected chi connectivity index (χ2v) is 9.62. The maximum absolute atomic E-state index is 12.6. The van der Waals surface area contributed by atoms with Crippen molar-refractivity contribution in [1.29, 1.82) is 0 Å². The van der Waals surface area contributed by atoms with Crippen LogP contribution in [0, 0.1) is 5.92 Å². The number of likely N-dealkylation sites (tertiary alicyclic amines) is 1. The zero-order valence-electron chi connectivity index (χ0n) is 19.9. The molecule has 0 bridgehead atoms. The van der Waals surface area contributed by atoms with Crippen molar-refractivity contribution in [2.24, 2.45) is 5.92 Å². The van der Waals surface area contributed by atoms with E-state index in [0.717, 1.165) is 64.5 Å². The van der Waals surface area contributed by atoms with Crippen molar-refractivity contribution < 1.29 is 19.1 Å². The molecule has 0 aromatic heterocycles. The Labute approximate surface area is 205 Å². The van der Waals surface area contributed by atoms with E-state index in [1.807, 2.05) is 12.1 Å². The lowest BCUT2D eigenvalue weighted by molar-refractivity contribution is -0.117. The van der Waals surface area contributed by atoms with E-state index in [1.54, 1.807) is 24.3 Å². The Morgan fingerprint density at radius 1 is 0.857 bits per heavy atom. The van der Waals surface area contributed by atoms with E-state index >= 15 is 0 Å². The molecule has 2 saturated heterocycles. The standard InChI is InChI=1S/C27H32N4O4/c32-25(28-22-7-5-20(6-8-22)17-30-13-15-35-16-14-30)19-29-11-9-21(10-12-29)18-31-26(33)23-3-1-2-4-24(23)27(31)34/h1-8,21H,9-19H2,(H,28,32). The number of morpholine rings is 1. The molecular formula is C27H32N4O4. The maximum atomic E-state index is 12.6. The van der Waals surface area contributed by atoms with Crippen LogP contribution in [0.4, 0.5) is 5.69 Å². The van der Waals surface area contributed by atoms with Gasteiger partial charge in [0.2, 0.25) is 5.91 Å². The van der Waals surface area contributed by atoms with Crippen LogP contribution in [0.25, 0.3) is 0 Å². The first kappa shape index (κ1) is 23.7. The van der Waals surface area contributed by atoms with Gasteiger partial charge < -0.3 is 10.1 Å². The van der Waals surface area contributed by atoms with Crippen LogP contribution in [0.5, 0.6) is 0 Å². The van der Waals surface area contributed by atoms with Gasteiger partial charge in [-0.1, -0.05) is 24.3 Å². The third kappa shape index (κ3) is 5.61. The van der Waals surface area contributed by atoms with Crippen LogP contribution in [-0.2, 0) is 16.1 Å². The fraction of sp³-hybridized carbons (Fsp3) is 0.444. The Kier molecular flexibility index (Phi) is 7.22. The van der Waals surface area contributed by atoms with Crippen molar-refractivity contribution in [1.82, 2.24) is 14.7 Å². The Bertz CT molecular complexity index is 1040. The number of amides is 3. The number of rotatable bonds is 7. The van der Waals surface area contributed by atoms with E-state index < -0.39 is 0 Å². The molecule has 3 aliphatic rings. The summed E-state index contributed by atoms with van der Waals surface area (Å²) in [6.45, 7) is 6.72. The van der Waals surface area contributed by atoms with Gasteiger partial charge in [-0.25, -0.2) is 0 Å². The van der Waals surface area contributed by atoms with Crippen LogP contribution in [0.15, 0.2) is 48.5 Å². The summed E-state index contributed by atoms with van der Waals surface area (Å²) in [6.07, 6.45) is 1.72. The molecule has 0 atom stereocenters. The topological polar surface area (TPSA) is 82.2 Å². The second-order valence-electron chi connectivity index (χ2n) is 9.62. The molecule has 3 amide bonds. The highest BCUT2D eigenvalue weighted by Gasteiger charge is 2.36. The van der Waals surface area contributed by atoms with Crippen LogP contribution in [-0.4, -0.2) is 84.9 Å². The van der Waals surface area contributed by atoms with Gasteiger partial charge in [0.25, 0.3) is 11.8 Å². The lowest BCUT2D eigenvalue weighted by atomic mass is 9.96. The molecule has 3 aliphatic heterocycles. The Morgan fingerprint density at radius 3 is 2.11 bits per heavy atom. The SMILES string of the molecule is O=C(CN1CCC(CN2C(=O)c3ccccc3C2=O)CC1)Nc1ccc(CN2CCOCC2)cc1. The third-order valence-corrected chi connectivity index (χ3v) is 7.14. The van der Waals surface area contributed by atoms with Gasteiger partial charge in [-0.2, -0.15) is 0 Å². The molecule has 1 N–H and O–H groups in total. The molecule has 35 heavy (non-hydrogen) atoms. The first-order chi connectivity index (χ1) is 17.1.